The lowest BCUT2D eigenvalue weighted by molar-refractivity contribution is -0.508. The van der Waals surface area contributed by atoms with Gasteiger partial charge in [-0.2, -0.15) is 0 Å². The molecule has 0 aliphatic heterocycles. The van der Waals surface area contributed by atoms with Crippen molar-refractivity contribution in [2.75, 3.05) is 0 Å². The zero-order valence-corrected chi connectivity index (χ0v) is 8.28. The molecule has 0 heterocycles. The second-order valence-corrected chi connectivity index (χ2v) is 3.12. The van der Waals surface area contributed by atoms with Crippen molar-refractivity contribution in [3.63, 3.8) is 0 Å². The molecule has 4 heteroatoms. The molecular formula is C9H17NO3. The minimum Gasteiger partial charge on any atom is -0.292 e. The third-order valence-electron chi connectivity index (χ3n) is 2.06. The number of hydrogen-bond acceptors (Lipinski definition) is 3. The summed E-state index contributed by atoms with van der Waals surface area (Å²) in [5.41, 5.74) is 0. The van der Waals surface area contributed by atoms with Gasteiger partial charge in [0.15, 0.2) is 0 Å². The summed E-state index contributed by atoms with van der Waals surface area (Å²) in [6.07, 6.45) is 3.41. The van der Waals surface area contributed by atoms with Gasteiger partial charge in [-0.3, -0.25) is 14.9 Å². The van der Waals surface area contributed by atoms with E-state index in [1.165, 1.54) is 0 Å². The second-order valence-electron chi connectivity index (χ2n) is 3.12. The SMILES string of the molecule is CCCCCC(C(=O)CC)[N+](=O)[O-]. The first-order valence-corrected chi connectivity index (χ1v) is 4.79. The molecule has 0 aromatic heterocycles. The largest absolute Gasteiger partial charge is 0.292 e. The van der Waals surface area contributed by atoms with E-state index in [-0.39, 0.29) is 12.2 Å². The Bertz CT molecular complexity index is 180. The first-order valence-electron chi connectivity index (χ1n) is 4.79. The Hall–Kier alpha value is -0.930. The Morgan fingerprint density at radius 1 is 1.38 bits per heavy atom. The number of carbonyl (C=O) groups excluding carboxylic acids is 1. The average molecular weight is 187 g/mol. The van der Waals surface area contributed by atoms with Crippen molar-refractivity contribution in [3.8, 4) is 0 Å². The van der Waals surface area contributed by atoms with E-state index in [0.717, 1.165) is 19.3 Å². The Labute approximate surface area is 78.5 Å². The Morgan fingerprint density at radius 2 is 2.00 bits per heavy atom. The first kappa shape index (κ1) is 12.1. The Morgan fingerprint density at radius 3 is 2.38 bits per heavy atom. The van der Waals surface area contributed by atoms with Crippen molar-refractivity contribution >= 4 is 5.78 Å². The molecule has 0 aromatic carbocycles. The summed E-state index contributed by atoms with van der Waals surface area (Å²) >= 11 is 0. The topological polar surface area (TPSA) is 60.2 Å². The quantitative estimate of drug-likeness (QED) is 0.348. The highest BCUT2D eigenvalue weighted by Gasteiger charge is 2.26. The minimum absolute atomic E-state index is 0.249. The molecule has 0 fully saturated rings. The van der Waals surface area contributed by atoms with Gasteiger partial charge in [-0.05, 0) is 6.42 Å². The van der Waals surface area contributed by atoms with Crippen molar-refractivity contribution in [1.82, 2.24) is 0 Å². The number of hydrogen-bond donors (Lipinski definition) is 0. The van der Waals surface area contributed by atoms with Gasteiger partial charge in [-0.1, -0.05) is 26.7 Å². The summed E-state index contributed by atoms with van der Waals surface area (Å²) in [5, 5.41) is 10.5. The molecule has 0 aromatic rings. The highest BCUT2D eigenvalue weighted by Crippen LogP contribution is 2.08. The molecule has 0 bridgehead atoms. The van der Waals surface area contributed by atoms with Crippen LogP contribution >= 0.6 is 0 Å². The van der Waals surface area contributed by atoms with Crippen molar-refractivity contribution in [3.05, 3.63) is 10.1 Å². The van der Waals surface area contributed by atoms with Gasteiger partial charge >= 0.3 is 0 Å². The molecule has 0 aliphatic rings. The van der Waals surface area contributed by atoms with Crippen LogP contribution in [-0.4, -0.2) is 16.7 Å². The summed E-state index contributed by atoms with van der Waals surface area (Å²) in [6.45, 7) is 3.70. The number of unbranched alkanes of at least 4 members (excludes halogenated alkanes) is 2. The number of Topliss-reactive ketones (excluding diaryl/α,β-unsaturated/α-hetero) is 1. The molecule has 76 valence electrons. The van der Waals surface area contributed by atoms with Crippen LogP contribution in [0.25, 0.3) is 0 Å². The van der Waals surface area contributed by atoms with Crippen molar-refractivity contribution in [2.24, 2.45) is 0 Å². The van der Waals surface area contributed by atoms with Crippen LogP contribution in [0.1, 0.15) is 46.0 Å². The number of carbonyl (C=O) groups is 1. The molecule has 0 radical (unpaired) electrons. The molecule has 0 aliphatic carbocycles. The van der Waals surface area contributed by atoms with Gasteiger partial charge in [0, 0.05) is 17.8 Å². The van der Waals surface area contributed by atoms with E-state index >= 15 is 0 Å². The third kappa shape index (κ3) is 4.60. The summed E-state index contributed by atoms with van der Waals surface area (Å²) in [5.74, 6) is -0.249. The normalized spacial score (nSPS) is 12.5. The van der Waals surface area contributed by atoms with Crippen LogP contribution in [0.4, 0.5) is 0 Å². The smallest absolute Gasteiger partial charge is 0.270 e. The van der Waals surface area contributed by atoms with E-state index in [0.29, 0.717) is 6.42 Å². The van der Waals surface area contributed by atoms with Crippen LogP contribution in [0, 0.1) is 10.1 Å². The van der Waals surface area contributed by atoms with Crippen molar-refractivity contribution in [1.29, 1.82) is 0 Å². The van der Waals surface area contributed by atoms with Crippen LogP contribution in [0.5, 0.6) is 0 Å². The second kappa shape index (κ2) is 6.57. The minimum atomic E-state index is -0.962. The lowest BCUT2D eigenvalue weighted by atomic mass is 10.0. The van der Waals surface area contributed by atoms with Crippen LogP contribution in [0.2, 0.25) is 0 Å². The van der Waals surface area contributed by atoms with Crippen LogP contribution in [-0.2, 0) is 4.79 Å². The van der Waals surface area contributed by atoms with Gasteiger partial charge < -0.3 is 0 Å². The molecule has 4 nitrogen and oxygen atoms in total. The fraction of sp³-hybridized carbons (Fsp3) is 0.889. The monoisotopic (exact) mass is 187 g/mol. The predicted molar refractivity (Wildman–Crippen MR) is 50.2 cm³/mol. The molecule has 1 unspecified atom stereocenters. The standard InChI is InChI=1S/C9H17NO3/c1-3-5-6-7-8(10(12)13)9(11)4-2/h8H,3-7H2,1-2H3. The van der Waals surface area contributed by atoms with E-state index < -0.39 is 11.0 Å². The molecular weight excluding hydrogens is 170 g/mol. The Balaban J connectivity index is 3.95. The number of nitrogens with zero attached hydrogens (tertiary/aromatic N) is 1. The maximum absolute atomic E-state index is 11.1. The highest BCUT2D eigenvalue weighted by molar-refractivity contribution is 5.82. The fourth-order valence-corrected chi connectivity index (χ4v) is 1.21. The average Bonchev–Trinajstić information content (AvgIpc) is 2.11. The van der Waals surface area contributed by atoms with E-state index in [9.17, 15) is 14.9 Å². The lowest BCUT2D eigenvalue weighted by Gasteiger charge is -2.05. The van der Waals surface area contributed by atoms with E-state index in [2.05, 4.69) is 0 Å². The number of nitro groups is 1. The number of ketones is 1. The first-order chi connectivity index (χ1) is 6.13. The number of rotatable bonds is 7. The molecule has 0 saturated carbocycles. The molecule has 0 spiro atoms. The van der Waals surface area contributed by atoms with Crippen LogP contribution < -0.4 is 0 Å². The third-order valence-corrected chi connectivity index (χ3v) is 2.06. The summed E-state index contributed by atoms with van der Waals surface area (Å²) < 4.78 is 0. The van der Waals surface area contributed by atoms with Gasteiger partial charge in [0.1, 0.15) is 0 Å². The van der Waals surface area contributed by atoms with Gasteiger partial charge in [0.05, 0.1) is 0 Å². The van der Waals surface area contributed by atoms with Gasteiger partial charge in [0.2, 0.25) is 5.78 Å². The maximum Gasteiger partial charge on any atom is 0.270 e. The van der Waals surface area contributed by atoms with E-state index in [4.69, 9.17) is 0 Å². The molecule has 13 heavy (non-hydrogen) atoms. The van der Waals surface area contributed by atoms with Crippen molar-refractivity contribution in [2.45, 2.75) is 52.0 Å². The lowest BCUT2D eigenvalue weighted by Crippen LogP contribution is -2.28. The molecule has 0 amide bonds. The molecule has 0 saturated heterocycles. The summed E-state index contributed by atoms with van der Waals surface area (Å²) in [7, 11) is 0. The fourth-order valence-electron chi connectivity index (χ4n) is 1.21. The maximum atomic E-state index is 11.1. The summed E-state index contributed by atoms with van der Waals surface area (Å²) in [6, 6.07) is -0.962. The zero-order chi connectivity index (χ0) is 10.3. The molecule has 0 N–H and O–H groups in total. The van der Waals surface area contributed by atoms with E-state index in [1.54, 1.807) is 6.92 Å². The predicted octanol–water partition coefficient (Wildman–Crippen LogP) is 2.19. The van der Waals surface area contributed by atoms with Crippen LogP contribution in [0.15, 0.2) is 0 Å². The van der Waals surface area contributed by atoms with E-state index in [1.807, 2.05) is 6.92 Å². The van der Waals surface area contributed by atoms with Gasteiger partial charge in [-0.15, -0.1) is 0 Å². The zero-order valence-electron chi connectivity index (χ0n) is 8.28. The van der Waals surface area contributed by atoms with Gasteiger partial charge in [-0.25, -0.2) is 0 Å². The molecule has 1 atom stereocenters. The van der Waals surface area contributed by atoms with Gasteiger partial charge in [0.25, 0.3) is 6.04 Å². The molecule has 0 rings (SSSR count). The van der Waals surface area contributed by atoms with Crippen LogP contribution in [0.3, 0.4) is 0 Å². The Kier molecular flexibility index (Phi) is 6.10. The summed E-state index contributed by atoms with van der Waals surface area (Å²) in [4.78, 5) is 21.1. The highest BCUT2D eigenvalue weighted by atomic mass is 16.6. The van der Waals surface area contributed by atoms with Crippen molar-refractivity contribution < 1.29 is 9.72 Å².